The van der Waals surface area contributed by atoms with Crippen molar-refractivity contribution in [2.45, 2.75) is 25.5 Å². The predicted octanol–water partition coefficient (Wildman–Crippen LogP) is 0.421. The largest absolute Gasteiger partial charge is 0.493 e. The van der Waals surface area contributed by atoms with Crippen LogP contribution in [0.2, 0.25) is 0 Å². The molecule has 4 nitrogen and oxygen atoms in total. The lowest BCUT2D eigenvalue weighted by molar-refractivity contribution is 0.179. The first kappa shape index (κ1) is 12.4. The second-order valence-corrected chi connectivity index (χ2v) is 4.41. The maximum Gasteiger partial charge on any atom is 0.122 e. The fourth-order valence-electron chi connectivity index (χ4n) is 1.99. The summed E-state index contributed by atoms with van der Waals surface area (Å²) in [7, 11) is 0. The number of aryl methyl sites for hydroxylation is 1. The van der Waals surface area contributed by atoms with Crippen LogP contribution in [0.25, 0.3) is 0 Å². The van der Waals surface area contributed by atoms with Crippen molar-refractivity contribution in [1.29, 1.82) is 0 Å². The second kappa shape index (κ2) is 6.00. The van der Waals surface area contributed by atoms with Crippen molar-refractivity contribution in [1.82, 2.24) is 5.32 Å². The van der Waals surface area contributed by atoms with Crippen LogP contribution < -0.4 is 15.8 Å². The zero-order chi connectivity index (χ0) is 12.1. The molecule has 0 radical (unpaired) electrons. The van der Waals surface area contributed by atoms with Gasteiger partial charge in [-0.25, -0.2) is 0 Å². The number of nitrogens with one attached hydrogen (secondary N) is 1. The van der Waals surface area contributed by atoms with Gasteiger partial charge in [0, 0.05) is 19.6 Å². The Morgan fingerprint density at radius 1 is 1.47 bits per heavy atom. The third-order valence-corrected chi connectivity index (χ3v) is 2.95. The van der Waals surface area contributed by atoms with Crippen LogP contribution in [0.1, 0.15) is 17.5 Å². The number of rotatable bonds is 5. The third-order valence-electron chi connectivity index (χ3n) is 2.95. The molecular weight excluding hydrogens is 216 g/mol. The van der Waals surface area contributed by atoms with Gasteiger partial charge < -0.3 is 20.9 Å². The molecular formula is C13H20N2O2. The molecule has 1 aromatic rings. The molecule has 0 amide bonds. The van der Waals surface area contributed by atoms with Crippen LogP contribution in [0.5, 0.6) is 5.75 Å². The molecule has 1 unspecified atom stereocenters. The van der Waals surface area contributed by atoms with E-state index in [-0.39, 0.29) is 0 Å². The van der Waals surface area contributed by atoms with Crippen molar-refractivity contribution in [3.8, 4) is 5.75 Å². The minimum absolute atomic E-state index is 0.297. The molecule has 1 aliphatic rings. The fraction of sp³-hybridized carbons (Fsp3) is 0.538. The van der Waals surface area contributed by atoms with Crippen LogP contribution in [-0.2, 0) is 13.0 Å². The normalized spacial score (nSPS) is 16.1. The van der Waals surface area contributed by atoms with E-state index >= 15 is 0 Å². The monoisotopic (exact) mass is 236 g/mol. The Labute approximate surface area is 102 Å². The average molecular weight is 236 g/mol. The van der Waals surface area contributed by atoms with E-state index in [4.69, 9.17) is 10.5 Å². The van der Waals surface area contributed by atoms with Gasteiger partial charge in [0.25, 0.3) is 0 Å². The number of hydrogen-bond acceptors (Lipinski definition) is 4. The number of ether oxygens (including phenoxy) is 1. The lowest BCUT2D eigenvalue weighted by atomic mass is 10.0. The van der Waals surface area contributed by atoms with Crippen LogP contribution in [0.3, 0.4) is 0 Å². The first-order chi connectivity index (χ1) is 8.29. The standard InChI is InChI=1S/C13H20N2O2/c14-7-12(16)9-15-8-10-3-4-13-11(6-10)2-1-5-17-13/h3-4,6,12,15-16H,1-2,5,7-9,14H2. The van der Waals surface area contributed by atoms with E-state index in [1.807, 2.05) is 6.07 Å². The van der Waals surface area contributed by atoms with Crippen molar-refractivity contribution in [3.63, 3.8) is 0 Å². The second-order valence-electron chi connectivity index (χ2n) is 4.41. The molecule has 94 valence electrons. The quantitative estimate of drug-likeness (QED) is 0.693. The van der Waals surface area contributed by atoms with E-state index < -0.39 is 6.10 Å². The number of benzene rings is 1. The van der Waals surface area contributed by atoms with E-state index in [1.165, 1.54) is 11.1 Å². The number of hydrogen-bond donors (Lipinski definition) is 3. The van der Waals surface area contributed by atoms with Gasteiger partial charge in [-0.15, -0.1) is 0 Å². The molecule has 0 saturated carbocycles. The highest BCUT2D eigenvalue weighted by Crippen LogP contribution is 2.25. The van der Waals surface area contributed by atoms with Crippen LogP contribution in [0, 0.1) is 0 Å². The molecule has 4 heteroatoms. The Balaban J connectivity index is 1.89. The molecule has 4 N–H and O–H groups in total. The molecule has 1 atom stereocenters. The van der Waals surface area contributed by atoms with E-state index in [2.05, 4.69) is 17.4 Å². The molecule has 1 heterocycles. The molecule has 0 saturated heterocycles. The highest BCUT2D eigenvalue weighted by Gasteiger charge is 2.10. The molecule has 0 spiro atoms. The number of nitrogens with two attached hydrogens (primary N) is 1. The van der Waals surface area contributed by atoms with E-state index in [1.54, 1.807) is 0 Å². The highest BCUT2D eigenvalue weighted by atomic mass is 16.5. The van der Waals surface area contributed by atoms with E-state index in [9.17, 15) is 5.11 Å². The van der Waals surface area contributed by atoms with Gasteiger partial charge in [0.1, 0.15) is 5.75 Å². The van der Waals surface area contributed by atoms with Crippen molar-refractivity contribution in [3.05, 3.63) is 29.3 Å². The summed E-state index contributed by atoms with van der Waals surface area (Å²) in [5, 5.41) is 12.5. The smallest absolute Gasteiger partial charge is 0.122 e. The highest BCUT2D eigenvalue weighted by molar-refractivity contribution is 5.38. The van der Waals surface area contributed by atoms with Crippen molar-refractivity contribution < 1.29 is 9.84 Å². The molecule has 17 heavy (non-hydrogen) atoms. The molecule has 0 aliphatic carbocycles. The molecule has 2 rings (SSSR count). The summed E-state index contributed by atoms with van der Waals surface area (Å²) in [6, 6.07) is 6.27. The van der Waals surface area contributed by atoms with Crippen LogP contribution in [0.15, 0.2) is 18.2 Å². The summed E-state index contributed by atoms with van der Waals surface area (Å²) in [4.78, 5) is 0. The lowest BCUT2D eigenvalue weighted by Crippen LogP contribution is -2.32. The average Bonchev–Trinajstić information content (AvgIpc) is 2.38. The summed E-state index contributed by atoms with van der Waals surface area (Å²) in [5.74, 6) is 1.02. The Morgan fingerprint density at radius 3 is 3.18 bits per heavy atom. The maximum atomic E-state index is 9.32. The molecule has 0 bridgehead atoms. The van der Waals surface area contributed by atoms with Gasteiger partial charge >= 0.3 is 0 Å². The van der Waals surface area contributed by atoms with Gasteiger partial charge in [-0.2, -0.15) is 0 Å². The van der Waals surface area contributed by atoms with Crippen LogP contribution >= 0.6 is 0 Å². The Morgan fingerprint density at radius 2 is 2.35 bits per heavy atom. The zero-order valence-corrected chi connectivity index (χ0v) is 9.98. The predicted molar refractivity (Wildman–Crippen MR) is 67.0 cm³/mol. The minimum Gasteiger partial charge on any atom is -0.493 e. The van der Waals surface area contributed by atoms with Gasteiger partial charge in [-0.1, -0.05) is 12.1 Å². The number of aliphatic hydroxyl groups excluding tert-OH is 1. The Kier molecular flexibility index (Phi) is 4.36. The van der Waals surface area contributed by atoms with Crippen molar-refractivity contribution in [2.24, 2.45) is 5.73 Å². The topological polar surface area (TPSA) is 67.5 Å². The molecule has 0 fully saturated rings. The Bertz CT molecular complexity index is 368. The molecule has 0 aromatic heterocycles. The van der Waals surface area contributed by atoms with Gasteiger partial charge in [0.05, 0.1) is 12.7 Å². The van der Waals surface area contributed by atoms with E-state index in [0.29, 0.717) is 13.1 Å². The number of aliphatic hydroxyl groups is 1. The minimum atomic E-state index is -0.462. The van der Waals surface area contributed by atoms with Crippen LogP contribution in [-0.4, -0.2) is 30.9 Å². The summed E-state index contributed by atoms with van der Waals surface area (Å²) >= 11 is 0. The van der Waals surface area contributed by atoms with Crippen molar-refractivity contribution >= 4 is 0 Å². The third kappa shape index (κ3) is 3.43. The van der Waals surface area contributed by atoms with Crippen LogP contribution in [0.4, 0.5) is 0 Å². The van der Waals surface area contributed by atoms with Crippen molar-refractivity contribution in [2.75, 3.05) is 19.7 Å². The zero-order valence-electron chi connectivity index (χ0n) is 9.98. The summed E-state index contributed by atoms with van der Waals surface area (Å²) in [6.07, 6.45) is 1.72. The Hall–Kier alpha value is -1.10. The van der Waals surface area contributed by atoms with Gasteiger partial charge in [-0.3, -0.25) is 0 Å². The SMILES string of the molecule is NCC(O)CNCc1ccc2c(c1)CCCO2. The van der Waals surface area contributed by atoms with Gasteiger partial charge in [0.2, 0.25) is 0 Å². The first-order valence-electron chi connectivity index (χ1n) is 6.13. The van der Waals surface area contributed by atoms with Gasteiger partial charge in [0.15, 0.2) is 0 Å². The maximum absolute atomic E-state index is 9.32. The summed E-state index contributed by atoms with van der Waals surface area (Å²) in [6.45, 7) is 2.41. The lowest BCUT2D eigenvalue weighted by Gasteiger charge is -2.18. The molecule has 1 aromatic carbocycles. The molecule has 1 aliphatic heterocycles. The summed E-state index contributed by atoms with van der Waals surface area (Å²) < 4.78 is 5.56. The number of fused-ring (bicyclic) bond motifs is 1. The summed E-state index contributed by atoms with van der Waals surface area (Å²) in [5.41, 5.74) is 7.84. The van der Waals surface area contributed by atoms with Gasteiger partial charge in [-0.05, 0) is 30.0 Å². The van der Waals surface area contributed by atoms with E-state index in [0.717, 1.165) is 31.7 Å². The first-order valence-corrected chi connectivity index (χ1v) is 6.13. The fourth-order valence-corrected chi connectivity index (χ4v) is 1.99.